The normalized spacial score (nSPS) is 12.1. The first-order valence-electron chi connectivity index (χ1n) is 6.97. The second-order valence-electron chi connectivity index (χ2n) is 5.28. The van der Waals surface area contributed by atoms with Crippen molar-refractivity contribution in [2.24, 2.45) is 5.73 Å². The summed E-state index contributed by atoms with van der Waals surface area (Å²) in [5, 5.41) is 9.79. The molecule has 0 spiro atoms. The Morgan fingerprint density at radius 3 is 2.43 bits per heavy atom. The van der Waals surface area contributed by atoms with Crippen molar-refractivity contribution in [2.45, 2.75) is 19.3 Å². The van der Waals surface area contributed by atoms with Crippen molar-refractivity contribution in [3.8, 4) is 11.5 Å². The van der Waals surface area contributed by atoms with E-state index in [1.807, 2.05) is 6.07 Å². The summed E-state index contributed by atoms with van der Waals surface area (Å²) in [6.07, 6.45) is 0.750. The van der Waals surface area contributed by atoms with Gasteiger partial charge >= 0.3 is 0 Å². The van der Waals surface area contributed by atoms with Crippen LogP contribution in [0.5, 0.6) is 11.5 Å². The Labute approximate surface area is 125 Å². The molecule has 0 saturated heterocycles. The van der Waals surface area contributed by atoms with Crippen molar-refractivity contribution in [3.05, 3.63) is 53.1 Å². The third kappa shape index (κ3) is 3.47. The molecule has 1 atom stereocenters. The average molecular weight is 286 g/mol. The summed E-state index contributed by atoms with van der Waals surface area (Å²) in [5.41, 5.74) is 15.5. The number of aromatic hydroxyl groups is 1. The van der Waals surface area contributed by atoms with Gasteiger partial charge in [-0.2, -0.15) is 0 Å². The summed E-state index contributed by atoms with van der Waals surface area (Å²) in [5.74, 6) is 0.588. The van der Waals surface area contributed by atoms with E-state index in [2.05, 4.69) is 31.2 Å². The molecule has 2 aromatic rings. The van der Waals surface area contributed by atoms with Gasteiger partial charge in [0, 0.05) is 5.92 Å². The number of nitrogens with two attached hydrogens (primary N) is 2. The summed E-state index contributed by atoms with van der Waals surface area (Å²) >= 11 is 0. The molecule has 2 rings (SSSR count). The van der Waals surface area contributed by atoms with E-state index in [0.29, 0.717) is 18.0 Å². The Kier molecular flexibility index (Phi) is 4.70. The zero-order valence-electron chi connectivity index (χ0n) is 12.5. The molecule has 0 heterocycles. The Hall–Kier alpha value is -2.20. The molecule has 21 heavy (non-hydrogen) atoms. The van der Waals surface area contributed by atoms with Gasteiger partial charge < -0.3 is 21.3 Å². The molecule has 2 aromatic carbocycles. The number of ether oxygens (including phenoxy) is 1. The van der Waals surface area contributed by atoms with Crippen molar-refractivity contribution in [1.82, 2.24) is 0 Å². The Morgan fingerprint density at radius 2 is 1.86 bits per heavy atom. The van der Waals surface area contributed by atoms with Gasteiger partial charge in [0.25, 0.3) is 0 Å². The molecule has 0 amide bonds. The van der Waals surface area contributed by atoms with Crippen molar-refractivity contribution in [3.63, 3.8) is 0 Å². The number of hydrogen-bond donors (Lipinski definition) is 3. The van der Waals surface area contributed by atoms with Gasteiger partial charge in [0.1, 0.15) is 0 Å². The van der Waals surface area contributed by atoms with E-state index in [0.717, 1.165) is 12.0 Å². The minimum atomic E-state index is -0.0131. The molecule has 5 N–H and O–H groups in total. The van der Waals surface area contributed by atoms with E-state index in [-0.39, 0.29) is 11.7 Å². The standard InChI is InChI=1S/C17H22N2O2/c1-11-3-5-13(6-4-11)14(10-18)7-12-8-15(19)17(20)16(9-12)21-2/h3-6,8-9,14,20H,7,10,18-19H2,1-2H3. The van der Waals surface area contributed by atoms with Gasteiger partial charge in [-0.25, -0.2) is 0 Å². The highest BCUT2D eigenvalue weighted by atomic mass is 16.5. The van der Waals surface area contributed by atoms with E-state index >= 15 is 0 Å². The Bertz CT molecular complexity index is 609. The Balaban J connectivity index is 2.26. The van der Waals surface area contributed by atoms with Crippen LogP contribution in [0.25, 0.3) is 0 Å². The number of rotatable bonds is 5. The molecule has 0 bridgehead atoms. The molecule has 0 radical (unpaired) electrons. The maximum absolute atomic E-state index is 9.79. The lowest BCUT2D eigenvalue weighted by atomic mass is 9.91. The molecule has 4 heteroatoms. The molecule has 0 aliphatic rings. The number of phenols is 1. The Morgan fingerprint density at radius 1 is 1.19 bits per heavy atom. The highest BCUT2D eigenvalue weighted by Gasteiger charge is 2.14. The molecule has 0 aliphatic heterocycles. The monoisotopic (exact) mass is 286 g/mol. The number of aryl methyl sites for hydroxylation is 1. The lowest BCUT2D eigenvalue weighted by Gasteiger charge is -2.17. The summed E-state index contributed by atoms with van der Waals surface area (Å²) < 4.78 is 5.14. The van der Waals surface area contributed by atoms with Crippen LogP contribution < -0.4 is 16.2 Å². The van der Waals surface area contributed by atoms with Crippen LogP contribution in [0.1, 0.15) is 22.6 Å². The van der Waals surface area contributed by atoms with Gasteiger partial charge in [-0.1, -0.05) is 29.8 Å². The predicted molar refractivity (Wildman–Crippen MR) is 85.7 cm³/mol. The second kappa shape index (κ2) is 6.50. The van der Waals surface area contributed by atoms with Crippen LogP contribution in [-0.2, 0) is 6.42 Å². The molecule has 0 aliphatic carbocycles. The summed E-state index contributed by atoms with van der Waals surface area (Å²) in [6, 6.07) is 12.0. The minimum Gasteiger partial charge on any atom is -0.503 e. The smallest absolute Gasteiger partial charge is 0.181 e. The lowest BCUT2D eigenvalue weighted by molar-refractivity contribution is 0.374. The van der Waals surface area contributed by atoms with Gasteiger partial charge in [-0.15, -0.1) is 0 Å². The van der Waals surface area contributed by atoms with E-state index in [1.165, 1.54) is 18.2 Å². The first-order chi connectivity index (χ1) is 10.0. The molecule has 0 aromatic heterocycles. The zero-order valence-corrected chi connectivity index (χ0v) is 12.5. The van der Waals surface area contributed by atoms with Gasteiger partial charge in [0.15, 0.2) is 11.5 Å². The van der Waals surface area contributed by atoms with E-state index in [1.54, 1.807) is 6.07 Å². The third-order valence-electron chi connectivity index (χ3n) is 3.70. The van der Waals surface area contributed by atoms with Crippen LogP contribution in [-0.4, -0.2) is 18.8 Å². The van der Waals surface area contributed by atoms with Crippen molar-refractivity contribution < 1.29 is 9.84 Å². The van der Waals surface area contributed by atoms with Gasteiger partial charge in [0.2, 0.25) is 0 Å². The number of methoxy groups -OCH3 is 1. The molecule has 0 fully saturated rings. The van der Waals surface area contributed by atoms with E-state index < -0.39 is 0 Å². The maximum Gasteiger partial charge on any atom is 0.181 e. The zero-order chi connectivity index (χ0) is 15.4. The first-order valence-corrected chi connectivity index (χ1v) is 6.97. The molecular formula is C17H22N2O2. The van der Waals surface area contributed by atoms with Gasteiger partial charge in [0.05, 0.1) is 12.8 Å². The number of benzene rings is 2. The summed E-state index contributed by atoms with van der Waals surface area (Å²) in [4.78, 5) is 0. The predicted octanol–water partition coefficient (Wildman–Crippen LogP) is 2.58. The SMILES string of the molecule is COc1cc(CC(CN)c2ccc(C)cc2)cc(N)c1O. The number of hydrogen-bond acceptors (Lipinski definition) is 4. The highest BCUT2D eigenvalue weighted by Crippen LogP contribution is 2.34. The van der Waals surface area contributed by atoms with Gasteiger partial charge in [-0.05, 0) is 43.1 Å². The summed E-state index contributed by atoms with van der Waals surface area (Å²) in [7, 11) is 1.51. The largest absolute Gasteiger partial charge is 0.503 e. The van der Waals surface area contributed by atoms with Crippen LogP contribution in [0.4, 0.5) is 5.69 Å². The second-order valence-corrected chi connectivity index (χ2v) is 5.28. The van der Waals surface area contributed by atoms with Crippen LogP contribution in [0.15, 0.2) is 36.4 Å². The first kappa shape index (κ1) is 15.2. The van der Waals surface area contributed by atoms with Gasteiger partial charge in [-0.3, -0.25) is 0 Å². The fraction of sp³-hybridized carbons (Fsp3) is 0.294. The van der Waals surface area contributed by atoms with Crippen molar-refractivity contribution >= 4 is 5.69 Å². The van der Waals surface area contributed by atoms with Crippen LogP contribution in [0.3, 0.4) is 0 Å². The van der Waals surface area contributed by atoms with Crippen LogP contribution >= 0.6 is 0 Å². The average Bonchev–Trinajstić information content (AvgIpc) is 2.49. The van der Waals surface area contributed by atoms with E-state index in [9.17, 15) is 5.11 Å². The fourth-order valence-electron chi connectivity index (χ4n) is 2.42. The summed E-state index contributed by atoms with van der Waals surface area (Å²) in [6.45, 7) is 2.61. The highest BCUT2D eigenvalue weighted by molar-refractivity contribution is 5.61. The third-order valence-corrected chi connectivity index (χ3v) is 3.70. The lowest BCUT2D eigenvalue weighted by Crippen LogP contribution is -2.15. The van der Waals surface area contributed by atoms with Crippen LogP contribution in [0, 0.1) is 6.92 Å². The van der Waals surface area contributed by atoms with Crippen molar-refractivity contribution in [2.75, 3.05) is 19.4 Å². The maximum atomic E-state index is 9.79. The molecule has 1 unspecified atom stereocenters. The van der Waals surface area contributed by atoms with Crippen molar-refractivity contribution in [1.29, 1.82) is 0 Å². The topological polar surface area (TPSA) is 81.5 Å². The van der Waals surface area contributed by atoms with Crippen LogP contribution in [0.2, 0.25) is 0 Å². The molecule has 0 saturated carbocycles. The van der Waals surface area contributed by atoms with E-state index in [4.69, 9.17) is 16.2 Å². The molecular weight excluding hydrogens is 264 g/mol. The fourth-order valence-corrected chi connectivity index (χ4v) is 2.42. The number of phenolic OH excluding ortho intramolecular Hbond substituents is 1. The molecule has 4 nitrogen and oxygen atoms in total. The minimum absolute atomic E-state index is 0.0131. The number of nitrogen functional groups attached to an aromatic ring is 1. The quantitative estimate of drug-likeness (QED) is 0.583. The molecule has 112 valence electrons. The number of anilines is 1.